The van der Waals surface area contributed by atoms with Crippen LogP contribution in [0.2, 0.25) is 0 Å². The molecule has 2 aromatic heterocycles. The van der Waals surface area contributed by atoms with Crippen LogP contribution in [0, 0.1) is 11.8 Å². The zero-order valence-electron chi connectivity index (χ0n) is 11.4. The van der Waals surface area contributed by atoms with Crippen molar-refractivity contribution in [3.63, 3.8) is 0 Å². The lowest BCUT2D eigenvalue weighted by molar-refractivity contribution is 0.0937. The number of thiophene rings is 2. The van der Waals surface area contributed by atoms with E-state index < -0.39 is 0 Å². The van der Waals surface area contributed by atoms with Crippen molar-refractivity contribution < 1.29 is 9.90 Å². The van der Waals surface area contributed by atoms with E-state index in [2.05, 4.69) is 28.6 Å². The van der Waals surface area contributed by atoms with Crippen LogP contribution in [0.15, 0.2) is 23.6 Å². The lowest BCUT2D eigenvalue weighted by Crippen LogP contribution is -2.29. The third kappa shape index (κ3) is 3.18. The lowest BCUT2D eigenvalue weighted by Gasteiger charge is -2.23. The van der Waals surface area contributed by atoms with Crippen molar-refractivity contribution in [2.75, 3.05) is 6.61 Å². The Bertz CT molecular complexity index is 705. The number of aliphatic hydroxyl groups excluding tert-OH is 1. The molecule has 3 nitrogen and oxygen atoms in total. The second kappa shape index (κ2) is 6.44. The van der Waals surface area contributed by atoms with E-state index in [-0.39, 0.29) is 18.6 Å². The summed E-state index contributed by atoms with van der Waals surface area (Å²) in [7, 11) is 0. The molecule has 2 aromatic rings. The van der Waals surface area contributed by atoms with Crippen LogP contribution < -0.4 is 5.32 Å². The Labute approximate surface area is 131 Å². The van der Waals surface area contributed by atoms with Gasteiger partial charge in [0.1, 0.15) is 6.61 Å². The minimum absolute atomic E-state index is 0.0406. The Morgan fingerprint density at radius 3 is 3.19 bits per heavy atom. The molecule has 0 fully saturated rings. The number of fused-ring (bicyclic) bond motifs is 1. The number of amides is 1. The van der Waals surface area contributed by atoms with Crippen LogP contribution in [0.4, 0.5) is 0 Å². The van der Waals surface area contributed by atoms with Gasteiger partial charge in [0.05, 0.1) is 15.8 Å². The molecule has 5 heteroatoms. The molecular weight excluding hydrogens is 302 g/mol. The van der Waals surface area contributed by atoms with Crippen molar-refractivity contribution in [2.24, 2.45) is 0 Å². The highest BCUT2D eigenvalue weighted by atomic mass is 32.1. The number of aryl methyl sites for hydroxylation is 1. The van der Waals surface area contributed by atoms with Gasteiger partial charge in [-0.05, 0) is 48.4 Å². The number of nitrogens with one attached hydrogen (secondary N) is 1. The molecule has 0 spiro atoms. The second-order valence-corrected chi connectivity index (χ2v) is 6.93. The van der Waals surface area contributed by atoms with Crippen molar-refractivity contribution in [2.45, 2.75) is 25.3 Å². The first-order valence-electron chi connectivity index (χ1n) is 6.84. The van der Waals surface area contributed by atoms with E-state index in [1.54, 1.807) is 17.4 Å². The third-order valence-electron chi connectivity index (χ3n) is 3.48. The molecule has 0 bridgehead atoms. The van der Waals surface area contributed by atoms with E-state index in [1.807, 2.05) is 6.07 Å². The van der Waals surface area contributed by atoms with E-state index in [0.29, 0.717) is 4.88 Å². The lowest BCUT2D eigenvalue weighted by atomic mass is 9.94. The zero-order chi connectivity index (χ0) is 14.7. The molecular formula is C16H15NO2S2. The number of rotatable bonds is 2. The van der Waals surface area contributed by atoms with Gasteiger partial charge in [-0.2, -0.15) is 0 Å². The van der Waals surface area contributed by atoms with Gasteiger partial charge in [0.2, 0.25) is 0 Å². The van der Waals surface area contributed by atoms with Gasteiger partial charge in [-0.25, -0.2) is 0 Å². The fourth-order valence-electron chi connectivity index (χ4n) is 2.52. The number of carbonyl (C=O) groups excluding carboxylic acids is 1. The predicted molar refractivity (Wildman–Crippen MR) is 85.7 cm³/mol. The molecule has 2 heterocycles. The Kier molecular flexibility index (Phi) is 4.39. The summed E-state index contributed by atoms with van der Waals surface area (Å²) in [6.07, 6.45) is 3.24. The maximum Gasteiger partial charge on any atom is 0.261 e. The smallest absolute Gasteiger partial charge is 0.261 e. The van der Waals surface area contributed by atoms with Gasteiger partial charge >= 0.3 is 0 Å². The van der Waals surface area contributed by atoms with Gasteiger partial charge in [0.25, 0.3) is 5.91 Å². The third-order valence-corrected chi connectivity index (χ3v) is 5.47. The molecule has 1 aliphatic carbocycles. The van der Waals surface area contributed by atoms with Crippen LogP contribution in [0.25, 0.3) is 0 Å². The number of aliphatic hydroxyl groups is 1. The van der Waals surface area contributed by atoms with E-state index in [0.717, 1.165) is 24.1 Å². The standard InChI is InChI=1S/C16H15NO2S2/c18-9-2-3-11-6-7-15(21-11)16(19)17-13-4-1-5-14-12(13)8-10-20-14/h6-8,10,13,18H,1,4-5,9H2,(H,17,19). The fraction of sp³-hybridized carbons (Fsp3) is 0.312. The minimum atomic E-state index is -0.164. The van der Waals surface area contributed by atoms with Crippen LogP contribution in [0.1, 0.15) is 43.9 Å². The molecule has 2 N–H and O–H groups in total. The van der Waals surface area contributed by atoms with Crippen LogP contribution >= 0.6 is 22.7 Å². The van der Waals surface area contributed by atoms with E-state index >= 15 is 0 Å². The molecule has 0 saturated heterocycles. The summed E-state index contributed by atoms with van der Waals surface area (Å²) in [5.41, 5.74) is 1.27. The summed E-state index contributed by atoms with van der Waals surface area (Å²) < 4.78 is 0. The molecule has 1 aliphatic rings. The van der Waals surface area contributed by atoms with E-state index in [4.69, 9.17) is 5.11 Å². The van der Waals surface area contributed by atoms with Crippen molar-refractivity contribution in [1.82, 2.24) is 5.32 Å². The first-order valence-corrected chi connectivity index (χ1v) is 8.54. The van der Waals surface area contributed by atoms with Crippen molar-refractivity contribution in [3.8, 4) is 11.8 Å². The fourth-order valence-corrected chi connectivity index (χ4v) is 4.29. The Morgan fingerprint density at radius 1 is 1.43 bits per heavy atom. The monoisotopic (exact) mass is 317 g/mol. The molecule has 0 aromatic carbocycles. The van der Waals surface area contributed by atoms with Gasteiger partial charge < -0.3 is 10.4 Å². The van der Waals surface area contributed by atoms with Gasteiger partial charge in [-0.15, -0.1) is 22.7 Å². The highest BCUT2D eigenvalue weighted by molar-refractivity contribution is 7.14. The van der Waals surface area contributed by atoms with Crippen LogP contribution in [-0.2, 0) is 6.42 Å². The van der Waals surface area contributed by atoms with Crippen molar-refractivity contribution in [3.05, 3.63) is 43.8 Å². The predicted octanol–water partition coefficient (Wildman–Crippen LogP) is 2.96. The van der Waals surface area contributed by atoms with Gasteiger partial charge in [-0.3, -0.25) is 4.79 Å². The number of hydrogen-bond donors (Lipinski definition) is 2. The van der Waals surface area contributed by atoms with E-state index in [1.165, 1.54) is 21.8 Å². The summed E-state index contributed by atoms with van der Waals surface area (Å²) in [6.45, 7) is -0.164. The number of hydrogen-bond acceptors (Lipinski definition) is 4. The maximum absolute atomic E-state index is 12.3. The molecule has 0 aliphatic heterocycles. The van der Waals surface area contributed by atoms with Crippen LogP contribution in [0.5, 0.6) is 0 Å². The average molecular weight is 317 g/mol. The van der Waals surface area contributed by atoms with Crippen LogP contribution in [0.3, 0.4) is 0 Å². The maximum atomic E-state index is 12.3. The van der Waals surface area contributed by atoms with Crippen molar-refractivity contribution >= 4 is 28.6 Å². The van der Waals surface area contributed by atoms with Crippen molar-refractivity contribution in [1.29, 1.82) is 0 Å². The molecule has 3 rings (SSSR count). The Hall–Kier alpha value is -1.61. The molecule has 1 atom stereocenters. The molecule has 21 heavy (non-hydrogen) atoms. The Morgan fingerprint density at radius 2 is 2.33 bits per heavy atom. The van der Waals surface area contributed by atoms with Gasteiger partial charge in [-0.1, -0.05) is 11.8 Å². The van der Waals surface area contributed by atoms with Gasteiger partial charge in [0.15, 0.2) is 0 Å². The zero-order valence-corrected chi connectivity index (χ0v) is 13.0. The molecule has 108 valence electrons. The summed E-state index contributed by atoms with van der Waals surface area (Å²) in [6, 6.07) is 5.86. The highest BCUT2D eigenvalue weighted by Crippen LogP contribution is 2.33. The van der Waals surface area contributed by atoms with Crippen LogP contribution in [-0.4, -0.2) is 17.6 Å². The molecule has 1 unspecified atom stereocenters. The summed E-state index contributed by atoms with van der Waals surface area (Å²) in [5, 5.41) is 13.9. The summed E-state index contributed by atoms with van der Waals surface area (Å²) >= 11 is 3.13. The first kappa shape index (κ1) is 14.3. The topological polar surface area (TPSA) is 49.3 Å². The SMILES string of the molecule is O=C(NC1CCCc2sccc21)c1ccc(C#CCO)s1. The number of carbonyl (C=O) groups is 1. The summed E-state index contributed by atoms with van der Waals surface area (Å²) in [4.78, 5) is 15.2. The largest absolute Gasteiger partial charge is 0.384 e. The Balaban J connectivity index is 1.71. The van der Waals surface area contributed by atoms with Gasteiger partial charge in [0, 0.05) is 4.88 Å². The normalized spacial score (nSPS) is 16.7. The van der Waals surface area contributed by atoms with E-state index in [9.17, 15) is 4.79 Å². The molecule has 0 saturated carbocycles. The minimum Gasteiger partial charge on any atom is -0.384 e. The highest BCUT2D eigenvalue weighted by Gasteiger charge is 2.23. The summed E-state index contributed by atoms with van der Waals surface area (Å²) in [5.74, 6) is 5.38. The second-order valence-electron chi connectivity index (χ2n) is 4.84. The average Bonchev–Trinajstić information content (AvgIpc) is 3.14. The first-order chi connectivity index (χ1) is 10.3. The molecule has 1 amide bonds. The molecule has 0 radical (unpaired) electrons. The quantitative estimate of drug-likeness (QED) is 0.837.